The molecule has 0 fully saturated rings. The third kappa shape index (κ3) is 7.67. The van der Waals surface area contributed by atoms with Crippen LogP contribution >= 0.6 is 7.92 Å². The van der Waals surface area contributed by atoms with Gasteiger partial charge in [0.25, 0.3) is 0 Å². The van der Waals surface area contributed by atoms with E-state index in [0.717, 1.165) is 15.5 Å². The minimum atomic E-state index is -0.687. The van der Waals surface area contributed by atoms with Crippen molar-refractivity contribution in [1.82, 2.24) is 0 Å². The molecular weight excluding hydrogens is 517 g/mol. The smallest absolute Gasteiger partial charge is 1.00 e. The molecule has 2 aliphatic carbocycles. The van der Waals surface area contributed by atoms with Gasteiger partial charge in [-0.05, 0) is 0 Å². The molecule has 2 aliphatic rings. The van der Waals surface area contributed by atoms with Crippen molar-refractivity contribution in [3.63, 3.8) is 0 Å². The topological polar surface area (TPSA) is 0 Å². The van der Waals surface area contributed by atoms with Crippen molar-refractivity contribution >= 4 is 14.0 Å². The Kier molecular flexibility index (Phi) is 13.2. The van der Waals surface area contributed by atoms with Crippen LogP contribution in [0, 0.1) is 11.8 Å². The van der Waals surface area contributed by atoms with Crippen molar-refractivity contribution in [2.75, 3.05) is 12.3 Å². The molecule has 170 valence electrons. The van der Waals surface area contributed by atoms with Gasteiger partial charge in [0.2, 0.25) is 0 Å². The van der Waals surface area contributed by atoms with E-state index < -0.39 is 23.2 Å². The monoisotopic (exact) mass is 554 g/mol. The predicted molar refractivity (Wildman–Crippen MR) is 128 cm³/mol. The fourth-order valence-electron chi connectivity index (χ4n) is 4.66. The molecule has 0 radical (unpaired) electrons. The van der Waals surface area contributed by atoms with Crippen LogP contribution in [0.25, 0.3) is 6.08 Å². The van der Waals surface area contributed by atoms with E-state index in [1.54, 1.807) is 16.7 Å². The fraction of sp³-hybridized carbons (Fsp3) is 0.556. The molecule has 1 atom stereocenters. The number of hydrogen-bond acceptors (Lipinski definition) is 0. The second kappa shape index (κ2) is 13.9. The molecule has 1 aromatic carbocycles. The Morgan fingerprint density at radius 1 is 1.03 bits per heavy atom. The van der Waals surface area contributed by atoms with E-state index in [1.165, 1.54) is 43.6 Å². The fourth-order valence-corrected chi connectivity index (χ4v) is 13.8. The molecule has 0 saturated carbocycles. The SMILES string of the molecule is CCCCC1=[C]([Zr+2][CH]2C(P(CC(C)C)CC(C)C)=Cc3ccccc32)CC=C1C.[Cl-].[Cl-]. The van der Waals surface area contributed by atoms with Crippen LogP contribution in [0.15, 0.2) is 50.1 Å². The first-order valence-electron chi connectivity index (χ1n) is 11.6. The molecular formula is C27H39Cl2PZr. The quantitative estimate of drug-likeness (QED) is 0.389. The van der Waals surface area contributed by atoms with Crippen LogP contribution in [0.2, 0.25) is 0 Å². The minimum absolute atomic E-state index is 0. The standard InChI is InChI=1S/C17H24P.C10H15.2ClH.Zr/c1-13(2)11-18(12-14(3)4)17-9-15-7-5-6-8-16(15)10-17;1-3-4-7-10-8-5-6-9(10)2;;;/h5-10,13-14H,11-12H2,1-4H3;6H,3-5,7H2,1-2H3;2*1H;/q;;;;+2/p-2. The van der Waals surface area contributed by atoms with Crippen LogP contribution in [-0.2, 0) is 23.2 Å². The van der Waals surface area contributed by atoms with Gasteiger partial charge in [0.1, 0.15) is 0 Å². The van der Waals surface area contributed by atoms with E-state index in [2.05, 4.69) is 78.0 Å². The van der Waals surface area contributed by atoms with Crippen LogP contribution in [-0.4, -0.2) is 12.3 Å². The molecule has 0 spiro atoms. The first-order valence-corrected chi connectivity index (χ1v) is 16.0. The third-order valence-corrected chi connectivity index (χ3v) is 14.4. The van der Waals surface area contributed by atoms with Crippen molar-refractivity contribution in [3.8, 4) is 0 Å². The number of unbranched alkanes of at least 4 members (excludes halogenated alkanes) is 1. The van der Waals surface area contributed by atoms with Crippen LogP contribution in [0.1, 0.15) is 82.0 Å². The van der Waals surface area contributed by atoms with Crippen molar-refractivity contribution in [3.05, 3.63) is 61.2 Å². The predicted octanol–water partition coefficient (Wildman–Crippen LogP) is 2.76. The number of allylic oxidation sites excluding steroid dienone is 5. The number of benzene rings is 1. The summed E-state index contributed by atoms with van der Waals surface area (Å²) in [5, 5.41) is 1.86. The van der Waals surface area contributed by atoms with Crippen molar-refractivity contribution in [2.24, 2.45) is 11.8 Å². The molecule has 31 heavy (non-hydrogen) atoms. The number of fused-ring (bicyclic) bond motifs is 1. The Morgan fingerprint density at radius 2 is 1.68 bits per heavy atom. The summed E-state index contributed by atoms with van der Waals surface area (Å²) in [6, 6.07) is 9.34. The van der Waals surface area contributed by atoms with E-state index in [-0.39, 0.29) is 32.7 Å². The normalized spacial score (nSPS) is 17.4. The van der Waals surface area contributed by atoms with Gasteiger partial charge < -0.3 is 24.8 Å². The maximum Gasteiger partial charge on any atom is -1.00 e. The summed E-state index contributed by atoms with van der Waals surface area (Å²) >= 11 is -0.687. The second-order valence-corrected chi connectivity index (χ2v) is 15.6. The number of rotatable bonds is 10. The Bertz CT molecular complexity index is 797. The summed E-state index contributed by atoms with van der Waals surface area (Å²) in [5.74, 6) is 1.59. The summed E-state index contributed by atoms with van der Waals surface area (Å²) in [6.45, 7) is 14.4. The van der Waals surface area contributed by atoms with Crippen LogP contribution in [0.5, 0.6) is 0 Å². The zero-order valence-electron chi connectivity index (χ0n) is 20.1. The molecule has 0 heterocycles. The molecule has 0 amide bonds. The zero-order valence-corrected chi connectivity index (χ0v) is 25.0. The summed E-state index contributed by atoms with van der Waals surface area (Å²) in [5.41, 5.74) is 6.56. The van der Waals surface area contributed by atoms with Gasteiger partial charge in [-0.3, -0.25) is 0 Å². The van der Waals surface area contributed by atoms with E-state index in [1.807, 2.05) is 8.60 Å². The Morgan fingerprint density at radius 3 is 2.29 bits per heavy atom. The molecule has 3 rings (SSSR count). The molecule has 4 heteroatoms. The maximum absolute atomic E-state index is 2.64. The zero-order chi connectivity index (χ0) is 21.0. The number of hydrogen-bond donors (Lipinski definition) is 0. The second-order valence-electron chi connectivity index (χ2n) is 9.62. The summed E-state index contributed by atoms with van der Waals surface area (Å²) in [7, 11) is -0.0188. The van der Waals surface area contributed by atoms with Crippen molar-refractivity contribution in [1.29, 1.82) is 0 Å². The summed E-state index contributed by atoms with van der Waals surface area (Å²) in [4.78, 5) is 0. The van der Waals surface area contributed by atoms with Crippen molar-refractivity contribution < 1.29 is 48.0 Å². The van der Waals surface area contributed by atoms with E-state index in [4.69, 9.17) is 0 Å². The van der Waals surface area contributed by atoms with E-state index in [0.29, 0.717) is 0 Å². The molecule has 1 aromatic rings. The molecule has 0 bridgehead atoms. The molecule has 0 nitrogen and oxygen atoms in total. The van der Waals surface area contributed by atoms with E-state index in [9.17, 15) is 0 Å². The first-order chi connectivity index (χ1) is 13.9. The average molecular weight is 557 g/mol. The van der Waals surface area contributed by atoms with Crippen LogP contribution < -0.4 is 24.8 Å². The van der Waals surface area contributed by atoms with Gasteiger partial charge in [-0.1, -0.05) is 0 Å². The van der Waals surface area contributed by atoms with Crippen molar-refractivity contribution in [2.45, 2.75) is 70.9 Å². The third-order valence-electron chi connectivity index (χ3n) is 5.99. The number of halogens is 2. The largest absolute Gasteiger partial charge is 1.00 e. The average Bonchev–Trinajstić information content (AvgIpc) is 3.20. The van der Waals surface area contributed by atoms with Gasteiger partial charge >= 0.3 is 193 Å². The van der Waals surface area contributed by atoms with Crippen LogP contribution in [0.3, 0.4) is 0 Å². The summed E-state index contributed by atoms with van der Waals surface area (Å²) < 4.78 is 2.68. The minimum Gasteiger partial charge on any atom is -1.00 e. The first kappa shape index (κ1) is 29.4. The molecule has 0 saturated heterocycles. The summed E-state index contributed by atoms with van der Waals surface area (Å²) in [6.07, 6.45) is 13.2. The molecule has 1 unspecified atom stereocenters. The maximum atomic E-state index is 2.64. The van der Waals surface area contributed by atoms with Crippen LogP contribution in [0.4, 0.5) is 0 Å². The van der Waals surface area contributed by atoms with Gasteiger partial charge in [-0.25, -0.2) is 0 Å². The Hall–Kier alpha value is 0.333. The Balaban J connectivity index is 0.00000240. The molecule has 0 aromatic heterocycles. The molecule has 0 aliphatic heterocycles. The van der Waals surface area contributed by atoms with E-state index >= 15 is 0 Å². The van der Waals surface area contributed by atoms with Gasteiger partial charge in [0.05, 0.1) is 0 Å². The molecule has 0 N–H and O–H groups in total. The van der Waals surface area contributed by atoms with Gasteiger partial charge in [-0.15, -0.1) is 0 Å². The Labute approximate surface area is 217 Å². The van der Waals surface area contributed by atoms with Gasteiger partial charge in [0, 0.05) is 0 Å². The van der Waals surface area contributed by atoms with Gasteiger partial charge in [-0.2, -0.15) is 0 Å². The van der Waals surface area contributed by atoms with Gasteiger partial charge in [0.15, 0.2) is 0 Å².